The zero-order valence-corrected chi connectivity index (χ0v) is 11.0. The van der Waals surface area contributed by atoms with Crippen molar-refractivity contribution >= 4 is 11.6 Å². The average Bonchev–Trinajstić information content (AvgIpc) is 2.48. The van der Waals surface area contributed by atoms with Crippen molar-refractivity contribution in [3.05, 3.63) is 66.2 Å². The van der Waals surface area contributed by atoms with Crippen LogP contribution < -0.4 is 11.1 Å². The standard InChI is InChI=1S/C16H18N2O/c1-2-16(17,13-9-5-3-6-10-13)15(19)18-14-11-7-4-8-12-14/h3-12H,2,17H2,1H3,(H,18,19). The number of nitrogens with one attached hydrogen (secondary N) is 1. The first kappa shape index (κ1) is 13.3. The second-order valence-corrected chi connectivity index (χ2v) is 4.51. The Hall–Kier alpha value is -2.13. The number of nitrogens with two attached hydrogens (primary N) is 1. The van der Waals surface area contributed by atoms with Crippen molar-refractivity contribution in [3.63, 3.8) is 0 Å². The molecule has 1 amide bonds. The van der Waals surface area contributed by atoms with Gasteiger partial charge in [0, 0.05) is 5.69 Å². The number of carbonyl (C=O) groups is 1. The minimum Gasteiger partial charge on any atom is -0.324 e. The Morgan fingerprint density at radius 2 is 1.58 bits per heavy atom. The van der Waals surface area contributed by atoms with E-state index in [1.165, 1.54) is 0 Å². The van der Waals surface area contributed by atoms with E-state index in [1.54, 1.807) is 0 Å². The number of rotatable bonds is 4. The topological polar surface area (TPSA) is 55.1 Å². The molecule has 0 aromatic heterocycles. The zero-order chi connectivity index (χ0) is 13.7. The Kier molecular flexibility index (Phi) is 3.97. The minimum atomic E-state index is -1.00. The summed E-state index contributed by atoms with van der Waals surface area (Å²) in [5.74, 6) is -0.188. The molecule has 1 unspecified atom stereocenters. The summed E-state index contributed by atoms with van der Waals surface area (Å²) in [5, 5.41) is 2.87. The van der Waals surface area contributed by atoms with Crippen molar-refractivity contribution in [3.8, 4) is 0 Å². The molecule has 0 spiro atoms. The van der Waals surface area contributed by atoms with Gasteiger partial charge in [0.2, 0.25) is 5.91 Å². The summed E-state index contributed by atoms with van der Waals surface area (Å²) in [7, 11) is 0. The van der Waals surface area contributed by atoms with Crippen LogP contribution in [0.15, 0.2) is 60.7 Å². The van der Waals surface area contributed by atoms with Gasteiger partial charge in [-0.2, -0.15) is 0 Å². The highest BCUT2D eigenvalue weighted by molar-refractivity contribution is 5.98. The van der Waals surface area contributed by atoms with E-state index in [4.69, 9.17) is 5.73 Å². The van der Waals surface area contributed by atoms with E-state index < -0.39 is 5.54 Å². The van der Waals surface area contributed by atoms with Gasteiger partial charge in [0.05, 0.1) is 0 Å². The fourth-order valence-electron chi connectivity index (χ4n) is 2.00. The molecule has 0 saturated heterocycles. The monoisotopic (exact) mass is 254 g/mol. The number of hydrogen-bond acceptors (Lipinski definition) is 2. The van der Waals surface area contributed by atoms with Crippen molar-refractivity contribution in [2.75, 3.05) is 5.32 Å². The summed E-state index contributed by atoms with van der Waals surface area (Å²) in [6.45, 7) is 1.91. The van der Waals surface area contributed by atoms with E-state index in [0.717, 1.165) is 11.3 Å². The first-order chi connectivity index (χ1) is 9.16. The van der Waals surface area contributed by atoms with Gasteiger partial charge in [-0.25, -0.2) is 0 Å². The van der Waals surface area contributed by atoms with Gasteiger partial charge in [0.1, 0.15) is 5.54 Å². The third-order valence-corrected chi connectivity index (χ3v) is 3.28. The number of amides is 1. The summed E-state index contributed by atoms with van der Waals surface area (Å²) in [6.07, 6.45) is 0.537. The summed E-state index contributed by atoms with van der Waals surface area (Å²) in [5.41, 5.74) is 6.88. The Morgan fingerprint density at radius 1 is 1.05 bits per heavy atom. The molecule has 3 N–H and O–H groups in total. The number of carbonyl (C=O) groups excluding carboxylic acids is 1. The van der Waals surface area contributed by atoms with Crippen LogP contribution in [0, 0.1) is 0 Å². The van der Waals surface area contributed by atoms with Crippen LogP contribution in [-0.4, -0.2) is 5.91 Å². The maximum Gasteiger partial charge on any atom is 0.249 e. The molecule has 98 valence electrons. The predicted octanol–water partition coefficient (Wildman–Crippen LogP) is 2.89. The molecule has 0 saturated carbocycles. The van der Waals surface area contributed by atoms with Gasteiger partial charge in [0.15, 0.2) is 0 Å². The van der Waals surface area contributed by atoms with Crippen LogP contribution >= 0.6 is 0 Å². The lowest BCUT2D eigenvalue weighted by atomic mass is 9.87. The van der Waals surface area contributed by atoms with E-state index >= 15 is 0 Å². The molecule has 0 aliphatic rings. The van der Waals surface area contributed by atoms with Crippen LogP contribution in [0.5, 0.6) is 0 Å². The maximum atomic E-state index is 12.4. The molecule has 1 atom stereocenters. The molecule has 0 aliphatic carbocycles. The minimum absolute atomic E-state index is 0.188. The van der Waals surface area contributed by atoms with E-state index in [1.807, 2.05) is 67.6 Å². The highest BCUT2D eigenvalue weighted by Gasteiger charge is 2.33. The summed E-state index contributed by atoms with van der Waals surface area (Å²) in [4.78, 5) is 12.4. The predicted molar refractivity (Wildman–Crippen MR) is 77.7 cm³/mol. The van der Waals surface area contributed by atoms with Crippen molar-refractivity contribution < 1.29 is 4.79 Å². The van der Waals surface area contributed by atoms with Crippen molar-refractivity contribution in [2.45, 2.75) is 18.9 Å². The highest BCUT2D eigenvalue weighted by Crippen LogP contribution is 2.23. The van der Waals surface area contributed by atoms with Gasteiger partial charge < -0.3 is 11.1 Å². The smallest absolute Gasteiger partial charge is 0.249 e. The molecule has 2 aromatic carbocycles. The lowest BCUT2D eigenvalue weighted by Gasteiger charge is -2.27. The molecule has 2 rings (SSSR count). The summed E-state index contributed by atoms with van der Waals surface area (Å²) >= 11 is 0. The second-order valence-electron chi connectivity index (χ2n) is 4.51. The van der Waals surface area contributed by atoms with Crippen LogP contribution in [0.2, 0.25) is 0 Å². The molecule has 3 nitrogen and oxygen atoms in total. The van der Waals surface area contributed by atoms with Gasteiger partial charge in [-0.05, 0) is 24.1 Å². The van der Waals surface area contributed by atoms with Gasteiger partial charge in [-0.1, -0.05) is 55.5 Å². The lowest BCUT2D eigenvalue weighted by Crippen LogP contribution is -2.47. The van der Waals surface area contributed by atoms with Crippen LogP contribution in [-0.2, 0) is 10.3 Å². The first-order valence-electron chi connectivity index (χ1n) is 6.37. The third-order valence-electron chi connectivity index (χ3n) is 3.28. The highest BCUT2D eigenvalue weighted by atomic mass is 16.2. The van der Waals surface area contributed by atoms with Crippen LogP contribution in [0.3, 0.4) is 0 Å². The first-order valence-corrected chi connectivity index (χ1v) is 6.37. The van der Waals surface area contributed by atoms with Crippen LogP contribution in [0.4, 0.5) is 5.69 Å². The van der Waals surface area contributed by atoms with Crippen LogP contribution in [0.1, 0.15) is 18.9 Å². The average molecular weight is 254 g/mol. The van der Waals surface area contributed by atoms with Crippen LogP contribution in [0.25, 0.3) is 0 Å². The van der Waals surface area contributed by atoms with Crippen molar-refractivity contribution in [1.29, 1.82) is 0 Å². The molecule has 3 heteroatoms. The molecule has 0 aliphatic heterocycles. The van der Waals surface area contributed by atoms with E-state index in [2.05, 4.69) is 5.32 Å². The van der Waals surface area contributed by atoms with E-state index in [-0.39, 0.29) is 5.91 Å². The van der Waals surface area contributed by atoms with Gasteiger partial charge in [-0.15, -0.1) is 0 Å². The largest absolute Gasteiger partial charge is 0.324 e. The number of hydrogen-bond donors (Lipinski definition) is 2. The van der Waals surface area contributed by atoms with E-state index in [0.29, 0.717) is 6.42 Å². The van der Waals surface area contributed by atoms with Crippen molar-refractivity contribution in [2.24, 2.45) is 5.73 Å². The normalized spacial score (nSPS) is 13.6. The summed E-state index contributed by atoms with van der Waals surface area (Å²) < 4.78 is 0. The molecule has 19 heavy (non-hydrogen) atoms. The number of anilines is 1. The molecule has 2 aromatic rings. The van der Waals surface area contributed by atoms with Gasteiger partial charge in [0.25, 0.3) is 0 Å². The van der Waals surface area contributed by atoms with Gasteiger partial charge >= 0.3 is 0 Å². The molecule has 0 bridgehead atoms. The fourth-order valence-corrected chi connectivity index (χ4v) is 2.00. The van der Waals surface area contributed by atoms with E-state index in [9.17, 15) is 4.79 Å². The molecule has 0 fully saturated rings. The Labute approximate surface area is 113 Å². The Bertz CT molecular complexity index is 539. The molecular weight excluding hydrogens is 236 g/mol. The number of para-hydroxylation sites is 1. The summed E-state index contributed by atoms with van der Waals surface area (Å²) in [6, 6.07) is 18.8. The zero-order valence-electron chi connectivity index (χ0n) is 11.0. The fraction of sp³-hybridized carbons (Fsp3) is 0.188. The quantitative estimate of drug-likeness (QED) is 0.881. The Morgan fingerprint density at radius 3 is 2.11 bits per heavy atom. The number of benzene rings is 2. The third kappa shape index (κ3) is 2.83. The SMILES string of the molecule is CCC(N)(C(=O)Nc1ccccc1)c1ccccc1. The molecule has 0 radical (unpaired) electrons. The molecule has 0 heterocycles. The maximum absolute atomic E-state index is 12.4. The van der Waals surface area contributed by atoms with Crippen molar-refractivity contribution in [1.82, 2.24) is 0 Å². The second kappa shape index (κ2) is 5.67. The van der Waals surface area contributed by atoms with Gasteiger partial charge in [-0.3, -0.25) is 4.79 Å². The Balaban J connectivity index is 2.24. The lowest BCUT2D eigenvalue weighted by molar-refractivity contribution is -0.121. The molecular formula is C16H18N2O.